The van der Waals surface area contributed by atoms with Crippen molar-refractivity contribution in [2.24, 2.45) is 0 Å². The van der Waals surface area contributed by atoms with Crippen LogP contribution in [0.15, 0.2) is 57.7 Å². The van der Waals surface area contributed by atoms with Crippen molar-refractivity contribution in [2.45, 2.75) is 0 Å². The molecule has 3 aromatic carbocycles. The van der Waals surface area contributed by atoms with Crippen molar-refractivity contribution < 1.29 is 28.2 Å². The number of benzene rings is 3. The Labute approximate surface area is 191 Å². The molecule has 1 heterocycles. The SMILES string of the molecule is COc1cc(C(=O)Oc2cc(-c3ccc(Cl)cc3)c3oc(=O)sc3c2)cc(OC)c1OC. The standard InChI is InChI=1S/C23H17ClO7S/c1-27-17-8-13(9-18(28-2)21(17)29-3)22(25)30-15-10-16(12-4-6-14(24)7-5-12)20-19(11-15)32-23(26)31-20/h4-11H,1-3H3. The summed E-state index contributed by atoms with van der Waals surface area (Å²) in [6.07, 6.45) is 0. The molecule has 0 aliphatic heterocycles. The van der Waals surface area contributed by atoms with Crippen LogP contribution in [0.3, 0.4) is 0 Å². The number of hydrogen-bond donors (Lipinski definition) is 0. The molecule has 0 fully saturated rings. The van der Waals surface area contributed by atoms with E-state index in [1.807, 2.05) is 0 Å². The van der Waals surface area contributed by atoms with Crippen LogP contribution < -0.4 is 23.9 Å². The molecule has 0 atom stereocenters. The normalized spacial score (nSPS) is 10.8. The summed E-state index contributed by atoms with van der Waals surface area (Å²) in [5, 5.41) is 0.571. The molecule has 7 nitrogen and oxygen atoms in total. The second kappa shape index (κ2) is 8.94. The second-order valence-electron chi connectivity index (χ2n) is 6.56. The molecule has 0 N–H and O–H groups in total. The molecule has 164 valence electrons. The van der Waals surface area contributed by atoms with Crippen molar-refractivity contribution in [1.82, 2.24) is 0 Å². The predicted molar refractivity (Wildman–Crippen MR) is 122 cm³/mol. The van der Waals surface area contributed by atoms with E-state index in [0.29, 0.717) is 38.1 Å². The van der Waals surface area contributed by atoms with Gasteiger partial charge in [0.15, 0.2) is 17.1 Å². The molecule has 0 unspecified atom stereocenters. The Hall–Kier alpha value is -3.49. The van der Waals surface area contributed by atoms with Gasteiger partial charge in [0, 0.05) is 16.7 Å². The van der Waals surface area contributed by atoms with E-state index in [-0.39, 0.29) is 11.3 Å². The summed E-state index contributed by atoms with van der Waals surface area (Å²) in [5.74, 6) is 0.620. The van der Waals surface area contributed by atoms with Crippen LogP contribution in [0, 0.1) is 0 Å². The van der Waals surface area contributed by atoms with Crippen molar-refractivity contribution in [3.8, 4) is 34.1 Å². The molecule has 0 saturated carbocycles. The average Bonchev–Trinajstić information content (AvgIpc) is 3.17. The Morgan fingerprint density at radius 2 is 1.59 bits per heavy atom. The summed E-state index contributed by atoms with van der Waals surface area (Å²) in [4.78, 5) is 24.3. The quantitative estimate of drug-likeness (QED) is 0.273. The van der Waals surface area contributed by atoms with Gasteiger partial charge in [0.2, 0.25) is 5.75 Å². The molecule has 0 aliphatic rings. The van der Waals surface area contributed by atoms with Gasteiger partial charge >= 0.3 is 10.9 Å². The third kappa shape index (κ3) is 4.15. The largest absolute Gasteiger partial charge is 0.493 e. The maximum atomic E-state index is 12.9. The summed E-state index contributed by atoms with van der Waals surface area (Å²) in [6.45, 7) is 0. The average molecular weight is 473 g/mol. The number of fused-ring (bicyclic) bond motifs is 1. The number of ether oxygens (including phenoxy) is 4. The number of hydrogen-bond acceptors (Lipinski definition) is 8. The van der Waals surface area contributed by atoms with Crippen molar-refractivity contribution in [3.05, 3.63) is 68.9 Å². The predicted octanol–water partition coefficient (Wildman–Crippen LogP) is 5.42. The molecule has 0 saturated heterocycles. The lowest BCUT2D eigenvalue weighted by Crippen LogP contribution is -2.09. The van der Waals surface area contributed by atoms with Crippen LogP contribution in [-0.2, 0) is 0 Å². The highest BCUT2D eigenvalue weighted by Crippen LogP contribution is 2.39. The van der Waals surface area contributed by atoms with E-state index in [9.17, 15) is 9.59 Å². The first kappa shape index (κ1) is 21.7. The highest BCUT2D eigenvalue weighted by molar-refractivity contribution is 7.16. The number of carbonyl (C=O) groups excluding carboxylic acids is 1. The zero-order valence-corrected chi connectivity index (χ0v) is 18.8. The Kier molecular flexibility index (Phi) is 6.07. The molecule has 0 aliphatic carbocycles. The van der Waals surface area contributed by atoms with E-state index in [1.54, 1.807) is 36.4 Å². The molecular weight excluding hydrogens is 456 g/mol. The van der Waals surface area contributed by atoms with E-state index in [2.05, 4.69) is 0 Å². The topological polar surface area (TPSA) is 84.2 Å². The van der Waals surface area contributed by atoms with Crippen molar-refractivity contribution in [2.75, 3.05) is 21.3 Å². The lowest BCUT2D eigenvalue weighted by atomic mass is 10.0. The van der Waals surface area contributed by atoms with Gasteiger partial charge in [-0.2, -0.15) is 0 Å². The summed E-state index contributed by atoms with van der Waals surface area (Å²) in [7, 11) is 4.39. The van der Waals surface area contributed by atoms with Gasteiger partial charge in [0.1, 0.15) is 5.75 Å². The van der Waals surface area contributed by atoms with Gasteiger partial charge in [0.05, 0.1) is 31.6 Å². The minimum absolute atomic E-state index is 0.202. The van der Waals surface area contributed by atoms with Crippen LogP contribution in [0.5, 0.6) is 23.0 Å². The Morgan fingerprint density at radius 1 is 0.938 bits per heavy atom. The molecule has 32 heavy (non-hydrogen) atoms. The zero-order chi connectivity index (χ0) is 22.8. The minimum Gasteiger partial charge on any atom is -0.493 e. The number of esters is 1. The van der Waals surface area contributed by atoms with Crippen LogP contribution in [0.2, 0.25) is 5.02 Å². The number of halogens is 1. The molecule has 4 aromatic rings. The lowest BCUT2D eigenvalue weighted by Gasteiger charge is -2.14. The third-order valence-electron chi connectivity index (χ3n) is 4.67. The Bertz CT molecular complexity index is 1330. The number of rotatable bonds is 6. The monoisotopic (exact) mass is 472 g/mol. The summed E-state index contributed by atoms with van der Waals surface area (Å²) < 4.78 is 27.4. The second-order valence-corrected chi connectivity index (χ2v) is 7.98. The van der Waals surface area contributed by atoms with Crippen molar-refractivity contribution in [1.29, 1.82) is 0 Å². The van der Waals surface area contributed by atoms with Crippen LogP contribution in [0.25, 0.3) is 21.4 Å². The molecule has 1 aromatic heterocycles. The molecule has 0 spiro atoms. The molecular formula is C23H17ClO7S. The fourth-order valence-electron chi connectivity index (χ4n) is 3.22. The minimum atomic E-state index is -0.637. The summed E-state index contributed by atoms with van der Waals surface area (Å²) in [6, 6.07) is 13.2. The van der Waals surface area contributed by atoms with E-state index < -0.39 is 10.9 Å². The Morgan fingerprint density at radius 3 is 2.19 bits per heavy atom. The van der Waals surface area contributed by atoms with E-state index in [1.165, 1.54) is 33.5 Å². The number of methoxy groups -OCH3 is 3. The van der Waals surface area contributed by atoms with Crippen LogP contribution in [0.1, 0.15) is 10.4 Å². The van der Waals surface area contributed by atoms with Gasteiger partial charge in [-0.3, -0.25) is 0 Å². The summed E-state index contributed by atoms with van der Waals surface area (Å²) >= 11 is 6.91. The first-order valence-corrected chi connectivity index (χ1v) is 10.5. The lowest BCUT2D eigenvalue weighted by molar-refractivity contribution is 0.0734. The highest BCUT2D eigenvalue weighted by Gasteiger charge is 2.20. The van der Waals surface area contributed by atoms with Crippen molar-refractivity contribution in [3.63, 3.8) is 0 Å². The third-order valence-corrected chi connectivity index (χ3v) is 5.70. The summed E-state index contributed by atoms with van der Waals surface area (Å²) in [5.41, 5.74) is 1.97. The van der Waals surface area contributed by atoms with Gasteiger partial charge in [-0.05, 0) is 35.9 Å². The maximum absolute atomic E-state index is 12.9. The highest BCUT2D eigenvalue weighted by atomic mass is 35.5. The van der Waals surface area contributed by atoms with Gasteiger partial charge in [0.25, 0.3) is 0 Å². The fourth-order valence-corrected chi connectivity index (χ4v) is 4.07. The van der Waals surface area contributed by atoms with Gasteiger partial charge in [-0.1, -0.05) is 35.1 Å². The first-order valence-electron chi connectivity index (χ1n) is 9.29. The van der Waals surface area contributed by atoms with Gasteiger partial charge < -0.3 is 23.4 Å². The Balaban J connectivity index is 1.76. The van der Waals surface area contributed by atoms with Gasteiger partial charge in [-0.15, -0.1) is 0 Å². The maximum Gasteiger partial charge on any atom is 0.396 e. The molecule has 0 amide bonds. The van der Waals surface area contributed by atoms with E-state index in [4.69, 9.17) is 35.0 Å². The van der Waals surface area contributed by atoms with Crippen LogP contribution in [0.4, 0.5) is 0 Å². The number of carbonyl (C=O) groups is 1. The van der Waals surface area contributed by atoms with Crippen molar-refractivity contribution >= 4 is 39.2 Å². The first-order chi connectivity index (χ1) is 15.4. The molecule has 0 bridgehead atoms. The molecule has 0 radical (unpaired) electrons. The van der Waals surface area contributed by atoms with Crippen LogP contribution >= 0.6 is 22.9 Å². The fraction of sp³-hybridized carbons (Fsp3) is 0.130. The van der Waals surface area contributed by atoms with E-state index >= 15 is 0 Å². The molecule has 9 heteroatoms. The van der Waals surface area contributed by atoms with Gasteiger partial charge in [-0.25, -0.2) is 9.59 Å². The zero-order valence-electron chi connectivity index (χ0n) is 17.3. The smallest absolute Gasteiger partial charge is 0.396 e. The van der Waals surface area contributed by atoms with E-state index in [0.717, 1.165) is 16.9 Å². The van der Waals surface area contributed by atoms with Crippen LogP contribution in [-0.4, -0.2) is 27.3 Å². The molecule has 4 rings (SSSR count).